The lowest BCUT2D eigenvalue weighted by Crippen LogP contribution is -2.29. The Balaban J connectivity index is 2.41. The van der Waals surface area contributed by atoms with E-state index in [0.29, 0.717) is 12.3 Å². The van der Waals surface area contributed by atoms with Gasteiger partial charge in [-0.15, -0.1) is 0 Å². The molecule has 0 fully saturated rings. The zero-order valence-corrected chi connectivity index (χ0v) is 10.2. The number of amides is 1. The van der Waals surface area contributed by atoms with Gasteiger partial charge in [-0.05, 0) is 24.6 Å². The molecule has 0 aliphatic rings. The van der Waals surface area contributed by atoms with Crippen LogP contribution in [0, 0.1) is 11.3 Å². The second-order valence-electron chi connectivity index (χ2n) is 3.80. The van der Waals surface area contributed by atoms with Crippen molar-refractivity contribution in [2.24, 2.45) is 0 Å². The molecular formula is C13H16N2O3. The highest BCUT2D eigenvalue weighted by Gasteiger charge is 2.04. The molecule has 0 radical (unpaired) electrons. The van der Waals surface area contributed by atoms with Crippen molar-refractivity contribution in [2.45, 2.75) is 19.4 Å². The minimum atomic E-state index is -0.571. The zero-order chi connectivity index (χ0) is 13.4. The maximum atomic E-state index is 11.3. The number of ether oxygens (including phenoxy) is 1. The second-order valence-corrected chi connectivity index (χ2v) is 3.80. The molecule has 0 saturated heterocycles. The van der Waals surface area contributed by atoms with Gasteiger partial charge in [0.2, 0.25) is 0 Å². The molecule has 0 aliphatic carbocycles. The van der Waals surface area contributed by atoms with Crippen molar-refractivity contribution in [2.75, 3.05) is 13.2 Å². The van der Waals surface area contributed by atoms with Crippen LogP contribution in [0.15, 0.2) is 24.3 Å². The first-order valence-corrected chi connectivity index (χ1v) is 5.68. The van der Waals surface area contributed by atoms with E-state index < -0.39 is 6.10 Å². The van der Waals surface area contributed by atoms with Gasteiger partial charge < -0.3 is 15.2 Å². The number of carbonyl (C=O) groups excluding carboxylic acids is 1. The van der Waals surface area contributed by atoms with Crippen LogP contribution in [-0.2, 0) is 4.79 Å². The van der Waals surface area contributed by atoms with E-state index in [1.165, 1.54) is 0 Å². The Morgan fingerprint density at radius 2 is 2.39 bits per heavy atom. The highest BCUT2D eigenvalue weighted by molar-refractivity contribution is 5.77. The number of nitrogens with zero attached hydrogens (tertiary/aromatic N) is 1. The van der Waals surface area contributed by atoms with E-state index in [1.807, 2.05) is 6.07 Å². The normalized spacial score (nSPS) is 11.4. The van der Waals surface area contributed by atoms with Crippen LogP contribution in [0.2, 0.25) is 0 Å². The van der Waals surface area contributed by atoms with Crippen LogP contribution in [0.25, 0.3) is 0 Å². The van der Waals surface area contributed by atoms with Gasteiger partial charge in [0.1, 0.15) is 5.75 Å². The summed E-state index contributed by atoms with van der Waals surface area (Å²) in [6, 6.07) is 8.88. The van der Waals surface area contributed by atoms with Gasteiger partial charge in [-0.25, -0.2) is 0 Å². The lowest BCUT2D eigenvalue weighted by Gasteiger charge is -2.09. The molecule has 5 heteroatoms. The molecule has 5 nitrogen and oxygen atoms in total. The van der Waals surface area contributed by atoms with Crippen LogP contribution in [0.5, 0.6) is 5.75 Å². The third kappa shape index (κ3) is 4.85. The van der Waals surface area contributed by atoms with Crippen molar-refractivity contribution in [3.63, 3.8) is 0 Å². The van der Waals surface area contributed by atoms with E-state index in [-0.39, 0.29) is 18.9 Å². The fourth-order valence-electron chi connectivity index (χ4n) is 1.32. The fourth-order valence-corrected chi connectivity index (χ4v) is 1.32. The van der Waals surface area contributed by atoms with Gasteiger partial charge in [-0.1, -0.05) is 12.1 Å². The number of nitrogens with one attached hydrogen (secondary N) is 1. The molecular weight excluding hydrogens is 232 g/mol. The first kappa shape index (κ1) is 14.0. The minimum absolute atomic E-state index is 0.102. The van der Waals surface area contributed by atoms with Crippen molar-refractivity contribution >= 4 is 5.91 Å². The summed E-state index contributed by atoms with van der Waals surface area (Å²) in [5.74, 6) is 0.261. The maximum Gasteiger partial charge on any atom is 0.257 e. The highest BCUT2D eigenvalue weighted by Crippen LogP contribution is 2.18. The number of rotatable bonds is 6. The third-order valence-electron chi connectivity index (χ3n) is 2.27. The molecule has 2 N–H and O–H groups in total. The predicted molar refractivity (Wildman–Crippen MR) is 65.8 cm³/mol. The molecule has 0 aromatic heterocycles. The van der Waals surface area contributed by atoms with E-state index in [2.05, 4.69) is 5.32 Å². The summed E-state index contributed by atoms with van der Waals surface area (Å²) in [7, 11) is 0. The Hall–Kier alpha value is -2.06. The van der Waals surface area contributed by atoms with Crippen LogP contribution in [0.1, 0.15) is 25.0 Å². The van der Waals surface area contributed by atoms with Crippen molar-refractivity contribution < 1.29 is 14.6 Å². The number of benzene rings is 1. The Morgan fingerprint density at radius 3 is 3.06 bits per heavy atom. The van der Waals surface area contributed by atoms with Gasteiger partial charge in [0.25, 0.3) is 5.91 Å². The smallest absolute Gasteiger partial charge is 0.257 e. The van der Waals surface area contributed by atoms with Crippen LogP contribution >= 0.6 is 0 Å². The quantitative estimate of drug-likeness (QED) is 0.740. The van der Waals surface area contributed by atoms with Gasteiger partial charge in [-0.3, -0.25) is 4.79 Å². The Bertz CT molecular complexity index is 438. The van der Waals surface area contributed by atoms with E-state index in [9.17, 15) is 9.90 Å². The molecule has 0 saturated carbocycles. The Morgan fingerprint density at radius 1 is 1.61 bits per heavy atom. The number of hydrogen-bond acceptors (Lipinski definition) is 4. The van der Waals surface area contributed by atoms with Crippen LogP contribution < -0.4 is 10.1 Å². The predicted octanol–water partition coefficient (Wildman–Crippen LogP) is 1.15. The van der Waals surface area contributed by atoms with Crippen LogP contribution in [0.4, 0.5) is 0 Å². The molecule has 96 valence electrons. The first-order valence-electron chi connectivity index (χ1n) is 5.68. The first-order chi connectivity index (χ1) is 8.63. The van der Waals surface area contributed by atoms with Crippen molar-refractivity contribution in [3.8, 4) is 11.8 Å². The standard InChI is InChI=1S/C13H16N2O3/c1-10(16)11-4-2-5-12(8-11)18-9-13(17)15-7-3-6-14/h2,4-5,8,10,16H,3,7,9H2,1H3,(H,15,17)/t10-/m1/s1. The van der Waals surface area contributed by atoms with E-state index >= 15 is 0 Å². The summed E-state index contributed by atoms with van der Waals surface area (Å²) >= 11 is 0. The van der Waals surface area contributed by atoms with Gasteiger partial charge >= 0.3 is 0 Å². The summed E-state index contributed by atoms with van der Waals surface area (Å²) in [5.41, 5.74) is 0.734. The van der Waals surface area contributed by atoms with Crippen LogP contribution in [-0.4, -0.2) is 24.2 Å². The van der Waals surface area contributed by atoms with Gasteiger partial charge in [0.05, 0.1) is 18.6 Å². The second kappa shape index (κ2) is 7.30. The largest absolute Gasteiger partial charge is 0.484 e. The summed E-state index contributed by atoms with van der Waals surface area (Å²) in [6.45, 7) is 1.88. The minimum Gasteiger partial charge on any atom is -0.484 e. The highest BCUT2D eigenvalue weighted by atomic mass is 16.5. The Kier molecular flexibility index (Phi) is 5.68. The SMILES string of the molecule is C[C@@H](O)c1cccc(OCC(=O)NCCC#N)c1. The lowest BCUT2D eigenvalue weighted by atomic mass is 10.1. The molecule has 18 heavy (non-hydrogen) atoms. The molecule has 0 aliphatic heterocycles. The summed E-state index contributed by atoms with van der Waals surface area (Å²) in [4.78, 5) is 11.3. The molecule has 1 rings (SSSR count). The van der Waals surface area contributed by atoms with E-state index in [0.717, 1.165) is 5.56 Å². The number of hydrogen-bond donors (Lipinski definition) is 2. The monoisotopic (exact) mass is 248 g/mol. The van der Waals surface area contributed by atoms with Crippen LogP contribution in [0.3, 0.4) is 0 Å². The summed E-state index contributed by atoms with van der Waals surface area (Å²) in [6.07, 6.45) is -0.290. The number of nitriles is 1. The van der Waals surface area contributed by atoms with E-state index in [1.54, 1.807) is 31.2 Å². The van der Waals surface area contributed by atoms with Crippen molar-refractivity contribution in [1.29, 1.82) is 5.26 Å². The van der Waals surface area contributed by atoms with Gasteiger partial charge in [-0.2, -0.15) is 5.26 Å². The van der Waals surface area contributed by atoms with E-state index in [4.69, 9.17) is 10.00 Å². The summed E-state index contributed by atoms with van der Waals surface area (Å²) in [5, 5.41) is 20.3. The lowest BCUT2D eigenvalue weighted by molar-refractivity contribution is -0.123. The third-order valence-corrected chi connectivity index (χ3v) is 2.27. The fraction of sp³-hybridized carbons (Fsp3) is 0.385. The number of carbonyl (C=O) groups is 1. The number of aliphatic hydroxyl groups excluding tert-OH is 1. The molecule has 0 heterocycles. The molecule has 1 atom stereocenters. The molecule has 0 unspecified atom stereocenters. The molecule has 1 aromatic rings. The zero-order valence-electron chi connectivity index (χ0n) is 10.2. The average molecular weight is 248 g/mol. The average Bonchev–Trinajstić information content (AvgIpc) is 2.37. The number of aliphatic hydroxyl groups is 1. The van der Waals surface area contributed by atoms with Gasteiger partial charge in [0, 0.05) is 6.54 Å². The molecule has 0 bridgehead atoms. The van der Waals surface area contributed by atoms with Gasteiger partial charge in [0.15, 0.2) is 6.61 Å². The van der Waals surface area contributed by atoms with Crippen molar-refractivity contribution in [3.05, 3.63) is 29.8 Å². The topological polar surface area (TPSA) is 82.3 Å². The molecule has 0 spiro atoms. The molecule has 1 aromatic carbocycles. The molecule has 1 amide bonds. The maximum absolute atomic E-state index is 11.3. The Labute approximate surface area is 106 Å². The van der Waals surface area contributed by atoms with Crippen molar-refractivity contribution in [1.82, 2.24) is 5.32 Å². The summed E-state index contributed by atoms with van der Waals surface area (Å²) < 4.78 is 5.28.